The summed E-state index contributed by atoms with van der Waals surface area (Å²) in [4.78, 5) is 8.49. The number of nitrogens with zero attached hydrogens (tertiary/aromatic N) is 4. The van der Waals surface area contributed by atoms with Crippen LogP contribution in [-0.2, 0) is 0 Å². The van der Waals surface area contributed by atoms with E-state index in [0.29, 0.717) is 35.2 Å². The van der Waals surface area contributed by atoms with E-state index in [1.54, 1.807) is 37.7 Å². The van der Waals surface area contributed by atoms with Gasteiger partial charge in [0.2, 0.25) is 5.88 Å². The summed E-state index contributed by atoms with van der Waals surface area (Å²) in [6.45, 7) is 6.07. The number of nitrogens with one attached hydrogen (secondary N) is 1. The van der Waals surface area contributed by atoms with Crippen molar-refractivity contribution in [2.45, 2.75) is 43.9 Å². The van der Waals surface area contributed by atoms with Gasteiger partial charge in [0.15, 0.2) is 5.82 Å². The van der Waals surface area contributed by atoms with Crippen LogP contribution in [0.3, 0.4) is 0 Å². The Bertz CT molecular complexity index is 1200. The van der Waals surface area contributed by atoms with E-state index in [1.165, 1.54) is 0 Å². The molecule has 2 aliphatic heterocycles. The van der Waals surface area contributed by atoms with Crippen LogP contribution in [0.5, 0.6) is 11.6 Å². The van der Waals surface area contributed by atoms with Crippen LogP contribution >= 0.6 is 0 Å². The highest BCUT2D eigenvalue weighted by molar-refractivity contribution is 5.73. The minimum Gasteiger partial charge on any atom is -0.507 e. The van der Waals surface area contributed by atoms with Gasteiger partial charge in [-0.05, 0) is 61.1 Å². The van der Waals surface area contributed by atoms with Gasteiger partial charge in [0.1, 0.15) is 17.6 Å². The van der Waals surface area contributed by atoms with Crippen LogP contribution in [-0.4, -0.2) is 50.1 Å². The fraction of sp³-hybridized carbons (Fsp3) is 0.360. The molecule has 2 unspecified atom stereocenters. The molecule has 0 aliphatic carbocycles. The number of halogens is 1. The summed E-state index contributed by atoms with van der Waals surface area (Å²) >= 11 is 0. The number of benzene rings is 1. The Hall–Kier alpha value is -3.39. The molecular weight excluding hydrogens is 421 g/mol. The number of piperidine rings is 1. The van der Waals surface area contributed by atoms with Crippen LogP contribution in [0.4, 0.5) is 4.39 Å². The Kier molecular flexibility index (Phi) is 5.32. The van der Waals surface area contributed by atoms with Crippen molar-refractivity contribution in [2.75, 3.05) is 7.11 Å². The van der Waals surface area contributed by atoms with Gasteiger partial charge >= 0.3 is 0 Å². The molecular formula is C25H26FN5O2. The number of aromatic hydroxyl groups is 1. The van der Waals surface area contributed by atoms with Gasteiger partial charge < -0.3 is 15.2 Å². The molecule has 2 saturated heterocycles. The molecule has 4 heterocycles. The second-order valence-corrected chi connectivity index (χ2v) is 9.05. The minimum absolute atomic E-state index is 0.0309. The average Bonchev–Trinajstić information content (AvgIpc) is 3.18. The van der Waals surface area contributed by atoms with Gasteiger partial charge in [0.05, 0.1) is 18.9 Å². The van der Waals surface area contributed by atoms with Crippen LogP contribution in [0.25, 0.3) is 28.1 Å². The molecule has 170 valence electrons. The topological polar surface area (TPSA) is 93.1 Å². The Morgan fingerprint density at radius 2 is 2.03 bits per heavy atom. The summed E-state index contributed by atoms with van der Waals surface area (Å²) in [6, 6.07) is 9.17. The predicted molar refractivity (Wildman–Crippen MR) is 123 cm³/mol. The zero-order valence-electron chi connectivity index (χ0n) is 18.6. The van der Waals surface area contributed by atoms with Crippen LogP contribution in [0, 0.1) is 5.92 Å². The maximum Gasteiger partial charge on any atom is 0.213 e. The molecule has 0 saturated carbocycles. The van der Waals surface area contributed by atoms with Crippen LogP contribution < -0.4 is 10.1 Å². The van der Waals surface area contributed by atoms with Crippen molar-refractivity contribution in [1.29, 1.82) is 0 Å². The Morgan fingerprint density at radius 3 is 2.76 bits per heavy atom. The van der Waals surface area contributed by atoms with Crippen molar-refractivity contribution in [1.82, 2.24) is 25.5 Å². The summed E-state index contributed by atoms with van der Waals surface area (Å²) in [7, 11) is 1.55. The molecule has 3 aromatic rings. The molecule has 0 spiro atoms. The summed E-state index contributed by atoms with van der Waals surface area (Å²) in [5, 5.41) is 22.5. The van der Waals surface area contributed by atoms with Gasteiger partial charge in [-0.1, -0.05) is 12.6 Å². The lowest BCUT2D eigenvalue weighted by Gasteiger charge is -2.40. The molecule has 2 aromatic heterocycles. The van der Waals surface area contributed by atoms with Gasteiger partial charge in [-0.2, -0.15) is 0 Å². The number of aromatic nitrogens is 4. The number of hydrogen-bond acceptors (Lipinski definition) is 7. The largest absolute Gasteiger partial charge is 0.507 e. The fourth-order valence-electron chi connectivity index (χ4n) is 5.00. The number of fused-ring (bicyclic) bond motifs is 2. The van der Waals surface area contributed by atoms with Crippen molar-refractivity contribution >= 4 is 5.57 Å². The van der Waals surface area contributed by atoms with Crippen molar-refractivity contribution in [2.24, 2.45) is 5.92 Å². The van der Waals surface area contributed by atoms with Gasteiger partial charge in [-0.25, -0.2) is 14.4 Å². The maximum absolute atomic E-state index is 15.2. The standard InChI is InChI=1S/C25H26FN5O2/c1-14(19-12-17-6-8-25(2,29-17)23(19)26)20-13-28-24(31-30-20)18-5-4-15(10-21(18)32)16-7-9-27-22(11-16)33-3/h4-5,7,9-11,13,17,19,23,29,32H,1,6,8,12H2,2-3H3/t17?,19?,23-,25+/m1/s1. The molecule has 0 amide bonds. The van der Waals surface area contributed by atoms with E-state index < -0.39 is 11.7 Å². The molecule has 33 heavy (non-hydrogen) atoms. The molecule has 4 atom stereocenters. The van der Waals surface area contributed by atoms with Gasteiger partial charge in [-0.15, -0.1) is 10.2 Å². The number of hydrogen-bond donors (Lipinski definition) is 2. The van der Waals surface area contributed by atoms with Crippen molar-refractivity contribution in [3.8, 4) is 34.1 Å². The van der Waals surface area contributed by atoms with E-state index in [2.05, 4.69) is 32.1 Å². The number of phenolic OH excluding ortho intramolecular Hbond substituents is 1. The highest BCUT2D eigenvalue weighted by atomic mass is 19.1. The van der Waals surface area contributed by atoms with Crippen molar-refractivity contribution < 1.29 is 14.2 Å². The molecule has 2 bridgehead atoms. The SMILES string of the molecule is C=C(c1cnc(-c2ccc(-c3ccnc(OC)c3)cc2O)nn1)C1CC2CC[C@](C)(N2)[C@@H]1F. The maximum atomic E-state index is 15.2. The first-order chi connectivity index (χ1) is 15.9. The third-order valence-corrected chi connectivity index (χ3v) is 6.90. The Labute approximate surface area is 191 Å². The normalized spacial score (nSPS) is 26.2. The van der Waals surface area contributed by atoms with E-state index in [4.69, 9.17) is 4.74 Å². The summed E-state index contributed by atoms with van der Waals surface area (Å²) in [6.07, 6.45) is 4.67. The molecule has 5 rings (SSSR count). The van der Waals surface area contributed by atoms with Gasteiger partial charge in [0.25, 0.3) is 0 Å². The monoisotopic (exact) mass is 447 g/mol. The first kappa shape index (κ1) is 21.5. The molecule has 2 N–H and O–H groups in total. The first-order valence-electron chi connectivity index (χ1n) is 11.0. The van der Waals surface area contributed by atoms with Crippen LogP contribution in [0.2, 0.25) is 0 Å². The smallest absolute Gasteiger partial charge is 0.213 e. The number of ether oxygens (including phenoxy) is 1. The summed E-state index contributed by atoms with van der Waals surface area (Å²) in [5.74, 6) is 0.502. The van der Waals surface area contributed by atoms with Gasteiger partial charge in [0, 0.05) is 29.8 Å². The average molecular weight is 448 g/mol. The highest BCUT2D eigenvalue weighted by Gasteiger charge is 2.51. The number of allylic oxidation sites excluding steroid dienone is 1. The van der Waals surface area contributed by atoms with E-state index in [9.17, 15) is 5.11 Å². The molecule has 2 aliphatic rings. The molecule has 7 nitrogen and oxygen atoms in total. The summed E-state index contributed by atoms with van der Waals surface area (Å²) < 4.78 is 20.4. The lowest BCUT2D eigenvalue weighted by molar-refractivity contribution is 0.103. The first-order valence-corrected chi connectivity index (χ1v) is 11.0. The third kappa shape index (κ3) is 3.84. The van der Waals surface area contributed by atoms with Crippen molar-refractivity contribution in [3.63, 3.8) is 0 Å². The second-order valence-electron chi connectivity index (χ2n) is 9.05. The molecule has 0 radical (unpaired) electrons. The second kappa shape index (κ2) is 8.19. The highest BCUT2D eigenvalue weighted by Crippen LogP contribution is 2.45. The van der Waals surface area contributed by atoms with E-state index >= 15 is 4.39 Å². The third-order valence-electron chi connectivity index (χ3n) is 6.90. The molecule has 8 heteroatoms. The number of methoxy groups -OCH3 is 1. The number of pyridine rings is 1. The van der Waals surface area contributed by atoms with E-state index in [0.717, 1.165) is 24.0 Å². The Balaban J connectivity index is 1.37. The zero-order valence-corrected chi connectivity index (χ0v) is 18.6. The van der Waals surface area contributed by atoms with Crippen LogP contribution in [0.1, 0.15) is 31.9 Å². The van der Waals surface area contributed by atoms with E-state index in [-0.39, 0.29) is 17.5 Å². The van der Waals surface area contributed by atoms with E-state index in [1.807, 2.05) is 19.1 Å². The number of rotatable bonds is 5. The minimum atomic E-state index is -1.03. The number of alkyl halides is 1. The van der Waals surface area contributed by atoms with Crippen LogP contribution in [0.15, 0.2) is 49.3 Å². The predicted octanol–water partition coefficient (Wildman–Crippen LogP) is 4.20. The molecule has 2 fully saturated rings. The molecule has 1 aromatic carbocycles. The lowest BCUT2D eigenvalue weighted by Crippen LogP contribution is -2.56. The quantitative estimate of drug-likeness (QED) is 0.606. The summed E-state index contributed by atoms with van der Waals surface area (Å²) in [5.41, 5.74) is 2.72. The van der Waals surface area contributed by atoms with Crippen molar-refractivity contribution in [3.05, 3.63) is 55.0 Å². The number of phenols is 1. The zero-order chi connectivity index (χ0) is 23.2. The lowest BCUT2D eigenvalue weighted by atomic mass is 9.78. The Morgan fingerprint density at radius 1 is 1.21 bits per heavy atom. The van der Waals surface area contributed by atoms with Gasteiger partial charge in [-0.3, -0.25) is 0 Å². The fourth-order valence-corrected chi connectivity index (χ4v) is 5.00.